The Morgan fingerprint density at radius 3 is 2.71 bits per heavy atom. The van der Waals surface area contributed by atoms with Crippen LogP contribution in [0.4, 0.5) is 5.69 Å². The predicted molar refractivity (Wildman–Crippen MR) is 91.1 cm³/mol. The highest BCUT2D eigenvalue weighted by Crippen LogP contribution is 2.25. The number of methoxy groups -OCH3 is 1. The van der Waals surface area contributed by atoms with Crippen LogP contribution < -0.4 is 14.8 Å². The van der Waals surface area contributed by atoms with Crippen molar-refractivity contribution in [1.82, 2.24) is 10.2 Å². The van der Waals surface area contributed by atoms with E-state index in [-0.39, 0.29) is 12.5 Å². The molecule has 1 amide bonds. The van der Waals surface area contributed by atoms with E-state index in [0.29, 0.717) is 17.2 Å². The lowest BCUT2D eigenvalue weighted by atomic mass is 10.1. The fourth-order valence-electron chi connectivity index (χ4n) is 2.26. The molecule has 0 bridgehead atoms. The van der Waals surface area contributed by atoms with Gasteiger partial charge in [-0.25, -0.2) is 0 Å². The van der Waals surface area contributed by atoms with Gasteiger partial charge in [0.15, 0.2) is 18.1 Å². The Hall–Kier alpha value is -3.28. The van der Waals surface area contributed by atoms with Crippen LogP contribution in [-0.2, 0) is 4.79 Å². The average molecular weight is 323 g/mol. The standard InChI is InChI=1S/C18H17N3O3/c1-23-16-7-2-3-8-17(16)24-12-18(22)20-14-6-4-5-13(11-14)15-9-10-19-21-15/h2-11H,12H2,1H3,(H,19,21)(H,20,22). The van der Waals surface area contributed by atoms with Gasteiger partial charge >= 0.3 is 0 Å². The van der Waals surface area contributed by atoms with Gasteiger partial charge in [0, 0.05) is 17.4 Å². The van der Waals surface area contributed by atoms with Crippen molar-refractivity contribution in [2.75, 3.05) is 19.0 Å². The molecule has 24 heavy (non-hydrogen) atoms. The molecule has 1 aromatic heterocycles. The summed E-state index contributed by atoms with van der Waals surface area (Å²) in [6, 6.07) is 16.6. The second kappa shape index (κ2) is 7.32. The van der Waals surface area contributed by atoms with Crippen LogP contribution in [0.25, 0.3) is 11.3 Å². The van der Waals surface area contributed by atoms with E-state index < -0.39 is 0 Å². The summed E-state index contributed by atoms with van der Waals surface area (Å²) >= 11 is 0. The van der Waals surface area contributed by atoms with E-state index >= 15 is 0 Å². The maximum atomic E-state index is 12.1. The number of hydrogen-bond acceptors (Lipinski definition) is 4. The average Bonchev–Trinajstić information content (AvgIpc) is 3.15. The molecule has 0 atom stereocenters. The third-order valence-electron chi connectivity index (χ3n) is 3.39. The highest BCUT2D eigenvalue weighted by molar-refractivity contribution is 5.92. The number of para-hydroxylation sites is 2. The first-order valence-electron chi connectivity index (χ1n) is 7.42. The Morgan fingerprint density at radius 1 is 1.12 bits per heavy atom. The van der Waals surface area contributed by atoms with Gasteiger partial charge in [-0.1, -0.05) is 24.3 Å². The molecule has 1 heterocycles. The van der Waals surface area contributed by atoms with Crippen molar-refractivity contribution < 1.29 is 14.3 Å². The molecule has 2 N–H and O–H groups in total. The van der Waals surface area contributed by atoms with E-state index in [1.807, 2.05) is 42.5 Å². The Morgan fingerprint density at radius 2 is 1.96 bits per heavy atom. The van der Waals surface area contributed by atoms with Crippen LogP contribution in [0.2, 0.25) is 0 Å². The van der Waals surface area contributed by atoms with Crippen LogP contribution in [-0.4, -0.2) is 29.8 Å². The second-order valence-electron chi connectivity index (χ2n) is 5.04. The first kappa shape index (κ1) is 15.6. The monoisotopic (exact) mass is 323 g/mol. The van der Waals surface area contributed by atoms with Gasteiger partial charge in [0.05, 0.1) is 12.8 Å². The van der Waals surface area contributed by atoms with Crippen molar-refractivity contribution in [1.29, 1.82) is 0 Å². The van der Waals surface area contributed by atoms with Crippen molar-refractivity contribution in [3.63, 3.8) is 0 Å². The van der Waals surface area contributed by atoms with Crippen LogP contribution in [0.15, 0.2) is 60.8 Å². The largest absolute Gasteiger partial charge is 0.493 e. The molecular formula is C18H17N3O3. The van der Waals surface area contributed by atoms with Crippen LogP contribution in [0, 0.1) is 0 Å². The number of nitrogens with one attached hydrogen (secondary N) is 2. The van der Waals surface area contributed by atoms with Crippen molar-refractivity contribution in [3.05, 3.63) is 60.8 Å². The van der Waals surface area contributed by atoms with E-state index in [4.69, 9.17) is 9.47 Å². The van der Waals surface area contributed by atoms with Gasteiger partial charge in [0.2, 0.25) is 0 Å². The molecule has 0 radical (unpaired) electrons. The molecule has 0 saturated carbocycles. The number of ether oxygens (including phenoxy) is 2. The molecule has 0 aliphatic rings. The Bertz CT molecular complexity index is 816. The molecule has 0 saturated heterocycles. The summed E-state index contributed by atoms with van der Waals surface area (Å²) in [5.74, 6) is 0.871. The summed E-state index contributed by atoms with van der Waals surface area (Å²) in [5.41, 5.74) is 2.52. The molecular weight excluding hydrogens is 306 g/mol. The lowest BCUT2D eigenvalue weighted by Crippen LogP contribution is -2.20. The third kappa shape index (κ3) is 3.73. The fourth-order valence-corrected chi connectivity index (χ4v) is 2.26. The van der Waals surface area contributed by atoms with Gasteiger partial charge in [-0.05, 0) is 30.3 Å². The van der Waals surface area contributed by atoms with Gasteiger partial charge < -0.3 is 14.8 Å². The molecule has 6 nitrogen and oxygen atoms in total. The number of aromatic amines is 1. The van der Waals surface area contributed by atoms with Crippen molar-refractivity contribution in [2.24, 2.45) is 0 Å². The van der Waals surface area contributed by atoms with Crippen molar-refractivity contribution in [3.8, 4) is 22.8 Å². The zero-order chi connectivity index (χ0) is 16.8. The Kier molecular flexibility index (Phi) is 4.76. The number of rotatable bonds is 6. The molecule has 0 aliphatic carbocycles. The summed E-state index contributed by atoms with van der Waals surface area (Å²) in [4.78, 5) is 12.1. The lowest BCUT2D eigenvalue weighted by Gasteiger charge is -2.11. The van der Waals surface area contributed by atoms with Crippen LogP contribution >= 0.6 is 0 Å². The van der Waals surface area contributed by atoms with Gasteiger partial charge in [0.1, 0.15) is 0 Å². The maximum absolute atomic E-state index is 12.1. The van der Waals surface area contributed by atoms with Gasteiger partial charge in [-0.3, -0.25) is 9.89 Å². The SMILES string of the molecule is COc1ccccc1OCC(=O)Nc1cccc(-c2ccn[nH]2)c1. The number of benzene rings is 2. The topological polar surface area (TPSA) is 76.2 Å². The van der Waals surface area contributed by atoms with E-state index in [2.05, 4.69) is 15.5 Å². The number of aromatic nitrogens is 2. The van der Waals surface area contributed by atoms with Crippen LogP contribution in [0.1, 0.15) is 0 Å². The highest BCUT2D eigenvalue weighted by atomic mass is 16.5. The first-order chi connectivity index (χ1) is 11.8. The molecule has 0 aliphatic heterocycles. The third-order valence-corrected chi connectivity index (χ3v) is 3.39. The van der Waals surface area contributed by atoms with Crippen molar-refractivity contribution in [2.45, 2.75) is 0 Å². The number of H-pyrrole nitrogens is 1. The molecule has 0 unspecified atom stereocenters. The molecule has 3 rings (SSSR count). The summed E-state index contributed by atoms with van der Waals surface area (Å²) in [6.45, 7) is -0.103. The quantitative estimate of drug-likeness (QED) is 0.731. The summed E-state index contributed by atoms with van der Waals surface area (Å²) < 4.78 is 10.7. The van der Waals surface area contributed by atoms with Gasteiger partial charge in [-0.2, -0.15) is 5.10 Å². The summed E-state index contributed by atoms with van der Waals surface area (Å²) in [6.07, 6.45) is 1.68. The van der Waals surface area contributed by atoms with E-state index in [1.165, 1.54) is 0 Å². The first-order valence-corrected chi connectivity index (χ1v) is 7.42. The fraction of sp³-hybridized carbons (Fsp3) is 0.111. The van der Waals surface area contributed by atoms with Crippen molar-refractivity contribution >= 4 is 11.6 Å². The van der Waals surface area contributed by atoms with E-state index in [1.54, 1.807) is 25.4 Å². The predicted octanol–water partition coefficient (Wildman–Crippen LogP) is 3.10. The van der Waals surface area contributed by atoms with Crippen LogP contribution in [0.5, 0.6) is 11.5 Å². The zero-order valence-corrected chi connectivity index (χ0v) is 13.2. The van der Waals surface area contributed by atoms with Gasteiger partial charge in [0.25, 0.3) is 5.91 Å². The molecule has 0 fully saturated rings. The molecule has 0 spiro atoms. The number of carbonyl (C=O) groups is 1. The number of hydrogen-bond donors (Lipinski definition) is 2. The minimum atomic E-state index is -0.248. The maximum Gasteiger partial charge on any atom is 0.262 e. The summed E-state index contributed by atoms with van der Waals surface area (Å²) in [5, 5.41) is 9.63. The molecule has 6 heteroatoms. The molecule has 3 aromatic rings. The molecule has 122 valence electrons. The normalized spacial score (nSPS) is 10.2. The number of nitrogens with zero attached hydrogens (tertiary/aromatic N) is 1. The highest BCUT2D eigenvalue weighted by Gasteiger charge is 2.08. The smallest absolute Gasteiger partial charge is 0.262 e. The second-order valence-corrected chi connectivity index (χ2v) is 5.04. The number of amides is 1. The lowest BCUT2D eigenvalue weighted by molar-refractivity contribution is -0.118. The van der Waals surface area contributed by atoms with E-state index in [9.17, 15) is 4.79 Å². The van der Waals surface area contributed by atoms with Gasteiger partial charge in [-0.15, -0.1) is 0 Å². The van der Waals surface area contributed by atoms with E-state index in [0.717, 1.165) is 11.3 Å². The van der Waals surface area contributed by atoms with Crippen LogP contribution in [0.3, 0.4) is 0 Å². The minimum Gasteiger partial charge on any atom is -0.493 e. The minimum absolute atomic E-state index is 0.103. The Labute approximate surface area is 139 Å². The molecule has 2 aromatic carbocycles. The number of carbonyl (C=O) groups excluding carboxylic acids is 1. The summed E-state index contributed by atoms with van der Waals surface area (Å²) in [7, 11) is 1.56. The zero-order valence-electron chi connectivity index (χ0n) is 13.2. The Balaban J connectivity index is 1.62. The number of anilines is 1.